The topological polar surface area (TPSA) is 87.0 Å². The minimum absolute atomic E-state index is 0.275. The third-order valence-electron chi connectivity index (χ3n) is 3.10. The minimum Gasteiger partial charge on any atom is -0.450 e. The van der Waals surface area contributed by atoms with Crippen LogP contribution in [0, 0.1) is 18.3 Å². The molecule has 0 aliphatic rings. The Hall–Kier alpha value is -3.07. The highest BCUT2D eigenvalue weighted by Crippen LogP contribution is 2.20. The molecule has 1 aromatic heterocycles. The number of carbonyl (C=O) groups excluding carboxylic acids is 1. The predicted octanol–water partition coefficient (Wildman–Crippen LogP) is 3.44. The number of amides is 1. The Labute approximate surface area is 135 Å². The summed E-state index contributed by atoms with van der Waals surface area (Å²) in [6.45, 7) is 4.53. The van der Waals surface area contributed by atoms with Gasteiger partial charge < -0.3 is 10.1 Å². The normalized spacial score (nSPS) is 9.78. The zero-order chi connectivity index (χ0) is 16.7. The van der Waals surface area contributed by atoms with Crippen molar-refractivity contribution >= 4 is 17.5 Å². The van der Waals surface area contributed by atoms with Crippen LogP contribution in [0.25, 0.3) is 0 Å². The Morgan fingerprint density at radius 1 is 1.35 bits per heavy atom. The summed E-state index contributed by atoms with van der Waals surface area (Å²) in [6.07, 6.45) is 1.23. The molecule has 0 bridgehead atoms. The average Bonchev–Trinajstić information content (AvgIpc) is 2.55. The Kier molecular flexibility index (Phi) is 5.53. The third-order valence-corrected chi connectivity index (χ3v) is 3.10. The van der Waals surface area contributed by atoms with Gasteiger partial charge in [0.1, 0.15) is 6.07 Å². The van der Waals surface area contributed by atoms with E-state index in [0.29, 0.717) is 17.8 Å². The second-order valence-electron chi connectivity index (χ2n) is 4.90. The van der Waals surface area contributed by atoms with Gasteiger partial charge in [-0.25, -0.2) is 4.79 Å². The van der Waals surface area contributed by atoms with E-state index >= 15 is 0 Å². The van der Waals surface area contributed by atoms with Crippen LogP contribution in [0.15, 0.2) is 36.5 Å². The Morgan fingerprint density at radius 3 is 2.83 bits per heavy atom. The molecule has 118 valence electrons. The number of aromatic nitrogens is 1. The molecule has 0 spiro atoms. The fourth-order valence-electron chi connectivity index (χ4n) is 1.93. The van der Waals surface area contributed by atoms with Crippen LogP contribution in [-0.2, 0) is 11.3 Å². The largest absolute Gasteiger partial charge is 0.450 e. The molecule has 1 amide bonds. The van der Waals surface area contributed by atoms with Crippen molar-refractivity contribution in [3.05, 3.63) is 53.3 Å². The summed E-state index contributed by atoms with van der Waals surface area (Å²) in [5, 5.41) is 15.0. The molecular formula is C17H18N4O2. The smallest absolute Gasteiger partial charge is 0.411 e. The minimum atomic E-state index is -0.575. The maximum atomic E-state index is 11.4. The maximum Gasteiger partial charge on any atom is 0.411 e. The first kappa shape index (κ1) is 16.3. The summed E-state index contributed by atoms with van der Waals surface area (Å²) in [5.41, 5.74) is 3.57. The SMILES string of the molecule is CCOC(=O)Nc1ccc(NCc2ccc(C)cn2)cc1C#N. The van der Waals surface area contributed by atoms with E-state index in [4.69, 9.17) is 4.74 Å². The van der Waals surface area contributed by atoms with Gasteiger partial charge in [0.15, 0.2) is 0 Å². The molecule has 2 N–H and O–H groups in total. The highest BCUT2D eigenvalue weighted by Gasteiger charge is 2.08. The number of carbonyl (C=O) groups is 1. The van der Waals surface area contributed by atoms with Crippen LogP contribution in [0.1, 0.15) is 23.7 Å². The monoisotopic (exact) mass is 310 g/mol. The van der Waals surface area contributed by atoms with Gasteiger partial charge in [-0.15, -0.1) is 0 Å². The number of anilines is 2. The molecule has 1 aromatic carbocycles. The van der Waals surface area contributed by atoms with E-state index in [1.807, 2.05) is 25.3 Å². The molecule has 6 heteroatoms. The van der Waals surface area contributed by atoms with Gasteiger partial charge >= 0.3 is 6.09 Å². The van der Waals surface area contributed by atoms with Crippen LogP contribution in [0.5, 0.6) is 0 Å². The van der Waals surface area contributed by atoms with E-state index in [2.05, 4.69) is 21.7 Å². The number of hydrogen-bond donors (Lipinski definition) is 2. The van der Waals surface area contributed by atoms with Crippen molar-refractivity contribution in [1.29, 1.82) is 5.26 Å². The van der Waals surface area contributed by atoms with Gasteiger partial charge in [0.2, 0.25) is 0 Å². The van der Waals surface area contributed by atoms with Crippen molar-refractivity contribution in [3.8, 4) is 6.07 Å². The molecule has 0 radical (unpaired) electrons. The zero-order valence-corrected chi connectivity index (χ0v) is 13.1. The molecule has 0 saturated heterocycles. The molecule has 0 atom stereocenters. The van der Waals surface area contributed by atoms with Crippen LogP contribution in [0.4, 0.5) is 16.2 Å². The standard InChI is InChI=1S/C17H18N4O2/c1-3-23-17(22)21-16-7-6-14(8-13(16)9-18)20-11-15-5-4-12(2)10-19-15/h4-8,10,20H,3,11H2,1-2H3,(H,21,22). The van der Waals surface area contributed by atoms with Crippen LogP contribution in [0.3, 0.4) is 0 Å². The highest BCUT2D eigenvalue weighted by molar-refractivity contribution is 5.87. The summed E-state index contributed by atoms with van der Waals surface area (Å²) >= 11 is 0. The molecule has 23 heavy (non-hydrogen) atoms. The summed E-state index contributed by atoms with van der Waals surface area (Å²) in [5.74, 6) is 0. The van der Waals surface area contributed by atoms with Gasteiger partial charge in [-0.05, 0) is 43.7 Å². The van der Waals surface area contributed by atoms with Crippen molar-refractivity contribution in [2.24, 2.45) is 0 Å². The van der Waals surface area contributed by atoms with Gasteiger partial charge in [-0.2, -0.15) is 5.26 Å². The van der Waals surface area contributed by atoms with Crippen molar-refractivity contribution in [2.75, 3.05) is 17.2 Å². The molecule has 0 unspecified atom stereocenters. The summed E-state index contributed by atoms with van der Waals surface area (Å²) in [6, 6.07) is 11.1. The van der Waals surface area contributed by atoms with E-state index in [9.17, 15) is 10.1 Å². The van der Waals surface area contributed by atoms with Crippen molar-refractivity contribution < 1.29 is 9.53 Å². The third kappa shape index (κ3) is 4.71. The lowest BCUT2D eigenvalue weighted by molar-refractivity contribution is 0.168. The summed E-state index contributed by atoms with van der Waals surface area (Å²) in [4.78, 5) is 15.7. The number of hydrogen-bond acceptors (Lipinski definition) is 5. The number of aryl methyl sites for hydroxylation is 1. The van der Waals surface area contributed by atoms with Crippen molar-refractivity contribution in [3.63, 3.8) is 0 Å². The number of nitrogens with one attached hydrogen (secondary N) is 2. The molecule has 0 saturated carbocycles. The fraction of sp³-hybridized carbons (Fsp3) is 0.235. The summed E-state index contributed by atoms with van der Waals surface area (Å²) < 4.78 is 4.81. The fourth-order valence-corrected chi connectivity index (χ4v) is 1.93. The molecule has 0 fully saturated rings. The highest BCUT2D eigenvalue weighted by atomic mass is 16.5. The molecule has 0 aliphatic carbocycles. The second-order valence-corrected chi connectivity index (χ2v) is 4.90. The van der Waals surface area contributed by atoms with Crippen LogP contribution >= 0.6 is 0 Å². The van der Waals surface area contributed by atoms with Gasteiger partial charge in [0, 0.05) is 11.9 Å². The lowest BCUT2D eigenvalue weighted by Gasteiger charge is -2.10. The second kappa shape index (κ2) is 7.80. The first-order valence-corrected chi connectivity index (χ1v) is 7.25. The molecule has 2 rings (SSSR count). The van der Waals surface area contributed by atoms with E-state index < -0.39 is 6.09 Å². The molecule has 0 aliphatic heterocycles. The van der Waals surface area contributed by atoms with Gasteiger partial charge in [0.25, 0.3) is 0 Å². The summed E-state index contributed by atoms with van der Waals surface area (Å²) in [7, 11) is 0. The van der Waals surface area contributed by atoms with Gasteiger partial charge in [0.05, 0.1) is 30.1 Å². The van der Waals surface area contributed by atoms with Crippen LogP contribution in [0.2, 0.25) is 0 Å². The number of rotatable bonds is 5. The van der Waals surface area contributed by atoms with Crippen molar-refractivity contribution in [2.45, 2.75) is 20.4 Å². The molecule has 6 nitrogen and oxygen atoms in total. The lowest BCUT2D eigenvalue weighted by atomic mass is 10.1. The van der Waals surface area contributed by atoms with E-state index in [0.717, 1.165) is 16.9 Å². The Bertz CT molecular complexity index is 720. The van der Waals surface area contributed by atoms with Gasteiger partial charge in [-0.3, -0.25) is 10.3 Å². The van der Waals surface area contributed by atoms with E-state index in [-0.39, 0.29) is 6.61 Å². The van der Waals surface area contributed by atoms with E-state index in [1.54, 1.807) is 25.1 Å². The van der Waals surface area contributed by atoms with Crippen LogP contribution in [-0.4, -0.2) is 17.7 Å². The van der Waals surface area contributed by atoms with E-state index in [1.165, 1.54) is 0 Å². The maximum absolute atomic E-state index is 11.4. The molecule has 1 heterocycles. The van der Waals surface area contributed by atoms with Crippen molar-refractivity contribution in [1.82, 2.24) is 4.98 Å². The first-order chi connectivity index (χ1) is 11.1. The molecular weight excluding hydrogens is 292 g/mol. The predicted molar refractivity (Wildman–Crippen MR) is 88.1 cm³/mol. The number of ether oxygens (including phenoxy) is 1. The number of pyridine rings is 1. The van der Waals surface area contributed by atoms with Gasteiger partial charge in [-0.1, -0.05) is 6.07 Å². The zero-order valence-electron chi connectivity index (χ0n) is 13.1. The quantitative estimate of drug-likeness (QED) is 0.883. The number of nitrogens with zero attached hydrogens (tertiary/aromatic N) is 2. The Morgan fingerprint density at radius 2 is 2.17 bits per heavy atom. The Balaban J connectivity index is 2.05. The average molecular weight is 310 g/mol. The number of benzene rings is 1. The number of nitriles is 1. The lowest BCUT2D eigenvalue weighted by Crippen LogP contribution is -2.14. The van der Waals surface area contributed by atoms with Crippen LogP contribution < -0.4 is 10.6 Å². The molecule has 2 aromatic rings. The first-order valence-electron chi connectivity index (χ1n) is 7.25.